The number of nitrogens with zero attached hydrogens (tertiary/aromatic N) is 5. The van der Waals surface area contributed by atoms with E-state index in [4.69, 9.17) is 19.4 Å². The van der Waals surface area contributed by atoms with E-state index in [-0.39, 0.29) is 139 Å². The first-order valence-electron chi connectivity index (χ1n) is 34.4. The number of aliphatic hydroxyl groups excluding tert-OH is 1. The van der Waals surface area contributed by atoms with Gasteiger partial charge in [-0.05, 0) is 177 Å². The SMILES string of the molecule is C.C1=CC2CC1C1CN(Cc3ccccc3)CC21.C1=CCC=C1.O=BC#CO.O=C1C2C3C=CC(C3)C2C(=O)N1Cc1ccccc1.O=C1C=CC(=O)N1Cc1ccccc1.O=C=O.O=C[B]N1CC2C3CCC(C3)C2C1.O=C[B]N1CC2C3CCC(C3)C2C1C(=O)O.[AlH3].[CH2-]CCC.[CH3-].[H-].[Li+].[Li+].[Pd]. The van der Waals surface area contributed by atoms with Crippen molar-refractivity contribution in [1.82, 2.24) is 24.3 Å². The number of fused-ring (bicyclic) bond motifs is 20. The predicted molar refractivity (Wildman–Crippen MR) is 389 cm³/mol. The monoisotopic (exact) mass is 1480 g/mol. The molecule has 6 saturated carbocycles. The van der Waals surface area contributed by atoms with Crippen LogP contribution in [0.4, 0.5) is 0 Å². The Labute approximate surface area is 657 Å². The fourth-order valence-corrected chi connectivity index (χ4v) is 18.1. The van der Waals surface area contributed by atoms with Crippen LogP contribution in [0.15, 0.2) is 152 Å². The van der Waals surface area contributed by atoms with Gasteiger partial charge < -0.3 is 40.1 Å². The van der Waals surface area contributed by atoms with Crippen LogP contribution >= 0.6 is 0 Å². The Bertz CT molecular complexity index is 3350. The average molecular weight is 1480 g/mol. The molecule has 10 fully saturated rings. The van der Waals surface area contributed by atoms with E-state index in [1.54, 1.807) is 18.0 Å². The minimum absolute atomic E-state index is 0. The van der Waals surface area contributed by atoms with Gasteiger partial charge in [0.2, 0.25) is 11.8 Å². The van der Waals surface area contributed by atoms with Crippen molar-refractivity contribution in [1.29, 1.82) is 0 Å². The third-order valence-electron chi connectivity index (χ3n) is 22.2. The number of carbonyl (C=O) groups is 7. The summed E-state index contributed by atoms with van der Waals surface area (Å²) < 4.78 is 9.07. The number of aliphatic carboxylic acids is 1. The number of allylic oxidation sites excluding steroid dienone is 8. The standard InChI is InChI=1S/C16H15NO2.C16H19N.C11H15BNO3.C11H9NO2.C10H15BNO.C5H6.C4H9.C2HBO2.CO2.CH4.CH3.Al.2Li.Pd.4H/c18-15-13-11-6-7-12(8-11)14(13)16(19)17(15)9-10-4-2-1-3-5-10;1-2-4-12(5-3-1)9-17-10-15-13-6-7-14(8-13)16(15)11-17;14-5-12-13-4-8-6-1-2-7(3-6)9(8)10(13)11(15)16;13-10-6-7-11(14)12(10)8-9-4-2-1-3-5-9;13-6-11-12-4-9-7-1-2-8(3-7)10(9)5-12;1-2-4-5-3-1;1-3-4-2;4-2-1-3-5;2-1-3;;;;;;;;;;/h1-7,11-14H,8-9H2;1-7,13-16H,8-11H2;5-10H,1-4H2,(H,15,16);1-7H,8H2;6-10H,1-5H2;1-4H,5H2;1,3-4H2,2H3;4H;;1H4;1H3;;;;;;;;/q;;;;;;-1;;;;-1;;2*+1;;;;;-1. The minimum Gasteiger partial charge on any atom is -1.00 e. The van der Waals surface area contributed by atoms with Crippen molar-refractivity contribution >= 4 is 87.5 Å². The van der Waals surface area contributed by atoms with E-state index in [0.29, 0.717) is 56.0 Å². The van der Waals surface area contributed by atoms with Crippen molar-refractivity contribution in [3.63, 3.8) is 0 Å². The predicted octanol–water partition coefficient (Wildman–Crippen LogP) is 2.93. The van der Waals surface area contributed by atoms with E-state index >= 15 is 0 Å². The molecule has 0 spiro atoms. The third-order valence-corrected chi connectivity index (χ3v) is 22.2. The van der Waals surface area contributed by atoms with Crippen molar-refractivity contribution in [3.05, 3.63) is 183 Å². The Morgan fingerprint density at radius 1 is 0.608 bits per heavy atom. The normalized spacial score (nSPS) is 29.8. The largest absolute Gasteiger partial charge is 1.00 e. The first-order valence-corrected chi connectivity index (χ1v) is 34.4. The molecule has 8 bridgehead atoms. The molecule has 3 aromatic rings. The second-order valence-corrected chi connectivity index (χ2v) is 27.4. The molecule has 102 heavy (non-hydrogen) atoms. The molecule has 5 aliphatic heterocycles. The van der Waals surface area contributed by atoms with Gasteiger partial charge in [0.15, 0.2) is 17.4 Å². The van der Waals surface area contributed by atoms with Crippen LogP contribution in [-0.2, 0) is 87.9 Å². The molecule has 2 N–H and O–H groups in total. The summed E-state index contributed by atoms with van der Waals surface area (Å²) >= 11 is 0. The zero-order chi connectivity index (χ0) is 68.1. The van der Waals surface area contributed by atoms with E-state index < -0.39 is 12.0 Å². The molecule has 2 radical (unpaired) electrons. The topological polar surface area (TPSA) is 227 Å². The number of carboxylic acid groups (broad SMARTS) is 1. The molecule has 24 heteroatoms. The number of rotatable bonds is 12. The van der Waals surface area contributed by atoms with Crippen LogP contribution in [-0.4, -0.2) is 161 Å². The number of unbranched alkanes of at least 4 members (excludes halogenated alkanes) is 1. The van der Waals surface area contributed by atoms with Gasteiger partial charge >= 0.3 is 78.7 Å². The second kappa shape index (κ2) is 45.7. The molecule has 17 rings (SSSR count). The summed E-state index contributed by atoms with van der Waals surface area (Å²) in [5, 5.41) is 16.8. The van der Waals surface area contributed by atoms with E-state index in [2.05, 4.69) is 102 Å². The summed E-state index contributed by atoms with van der Waals surface area (Å²) in [4.78, 5) is 105. The fourth-order valence-electron chi connectivity index (χ4n) is 18.1. The van der Waals surface area contributed by atoms with Gasteiger partial charge in [-0.2, -0.15) is 16.0 Å². The smallest absolute Gasteiger partial charge is 1.00 e. The average Bonchev–Trinajstić information content (AvgIpc) is 1.59. The fraction of sp³-hybridized carbons (Fsp3) is 0.487. The molecule has 17 atom stereocenters. The van der Waals surface area contributed by atoms with Gasteiger partial charge in [0.1, 0.15) is 6.04 Å². The van der Waals surface area contributed by atoms with Crippen molar-refractivity contribution in [2.75, 3.05) is 32.7 Å². The van der Waals surface area contributed by atoms with E-state index in [1.165, 1.54) is 105 Å². The molecule has 534 valence electrons. The molecular formula is C78H100AlB3Li2N5O12Pd-. The minimum atomic E-state index is -0.766. The maximum atomic E-state index is 12.5. The second-order valence-electron chi connectivity index (χ2n) is 27.4. The van der Waals surface area contributed by atoms with Gasteiger partial charge in [0.05, 0.1) is 37.3 Å². The third kappa shape index (κ3) is 23.0. The van der Waals surface area contributed by atoms with Crippen LogP contribution in [0.25, 0.3) is 0 Å². The van der Waals surface area contributed by atoms with Gasteiger partial charge in [0, 0.05) is 52.2 Å². The number of carbonyl (C=O) groups excluding carboxylic acids is 8. The van der Waals surface area contributed by atoms with E-state index in [1.807, 2.05) is 60.7 Å². The van der Waals surface area contributed by atoms with Crippen LogP contribution in [0.3, 0.4) is 0 Å². The molecule has 17 nitrogen and oxygen atoms in total. The molecule has 14 aliphatic rings. The maximum Gasteiger partial charge on any atom is 1.00 e. The van der Waals surface area contributed by atoms with E-state index in [9.17, 15) is 38.7 Å². The molecular weight excluding hydrogens is 1380 g/mol. The number of likely N-dealkylation sites (tertiary alicyclic amines) is 2. The van der Waals surface area contributed by atoms with Gasteiger partial charge in [-0.3, -0.25) is 38.7 Å². The number of benzene rings is 3. The molecule has 17 unspecified atom stereocenters. The van der Waals surface area contributed by atoms with Crippen LogP contribution in [0.5, 0.6) is 0 Å². The number of aliphatic hydroxyl groups is 1. The Balaban J connectivity index is 0.000000409. The van der Waals surface area contributed by atoms with Crippen molar-refractivity contribution in [3.8, 4) is 11.9 Å². The number of hydrogen-bond donors (Lipinski definition) is 2. The Hall–Kier alpha value is -5.55. The summed E-state index contributed by atoms with van der Waals surface area (Å²) in [6.07, 6.45) is 37.4. The zero-order valence-corrected chi connectivity index (χ0v) is 59.9. The Morgan fingerprint density at radius 2 is 1.02 bits per heavy atom. The summed E-state index contributed by atoms with van der Waals surface area (Å²) in [6.45, 7) is 13.4. The van der Waals surface area contributed by atoms with Crippen molar-refractivity contribution in [2.45, 2.75) is 111 Å². The van der Waals surface area contributed by atoms with Crippen LogP contribution in [0.2, 0.25) is 0 Å². The zero-order valence-electron chi connectivity index (χ0n) is 59.3. The number of imide groups is 2. The van der Waals surface area contributed by atoms with Crippen molar-refractivity contribution < 1.29 is 118 Å². The quantitative estimate of drug-likeness (QED) is 0.0664. The summed E-state index contributed by atoms with van der Waals surface area (Å²) in [7, 11) is 3.47. The molecule has 5 heterocycles. The summed E-state index contributed by atoms with van der Waals surface area (Å²) in [6, 6.07) is 29.6. The van der Waals surface area contributed by atoms with Crippen LogP contribution < -0.4 is 37.7 Å². The van der Waals surface area contributed by atoms with Gasteiger partial charge in [-0.25, -0.2) is 0 Å². The molecule has 4 saturated heterocycles. The summed E-state index contributed by atoms with van der Waals surface area (Å²) in [5.74, 6) is 10.7. The molecule has 9 aliphatic carbocycles. The molecule has 0 aromatic heterocycles. The Kier molecular flexibility index (Phi) is 40.7. The summed E-state index contributed by atoms with van der Waals surface area (Å²) in [5.41, 5.74) is 3.44. The first-order chi connectivity index (χ1) is 46.8. The van der Waals surface area contributed by atoms with E-state index in [0.717, 1.165) is 110 Å². The number of carboxylic acids is 1. The van der Waals surface area contributed by atoms with Gasteiger partial charge in [-0.1, -0.05) is 160 Å². The molecule has 4 amide bonds. The molecule has 3 aromatic carbocycles. The Morgan fingerprint density at radius 3 is 1.42 bits per heavy atom. The first kappa shape index (κ1) is 90.7. The van der Waals surface area contributed by atoms with Crippen LogP contribution in [0.1, 0.15) is 103 Å². The van der Waals surface area contributed by atoms with Crippen LogP contribution in [0, 0.1) is 121 Å². The van der Waals surface area contributed by atoms with Crippen molar-refractivity contribution in [2.24, 2.45) is 94.7 Å². The maximum absolute atomic E-state index is 12.5. The van der Waals surface area contributed by atoms with Gasteiger partial charge in [-0.15, -0.1) is 0 Å². The number of hydrogen-bond acceptors (Lipinski definition) is 14. The number of amides is 4. The van der Waals surface area contributed by atoms with Gasteiger partial charge in [0.25, 0.3) is 26.6 Å².